The lowest BCUT2D eigenvalue weighted by Gasteiger charge is -2.32. The number of benzene rings is 3. The molecule has 214 valence electrons. The van der Waals surface area contributed by atoms with Crippen LogP contribution in [0.4, 0.5) is 22.4 Å². The summed E-state index contributed by atoms with van der Waals surface area (Å²) < 4.78 is 72.9. The second kappa shape index (κ2) is 10.7. The number of alkyl halides is 3. The number of carbonyl (C=O) groups excluding carboxylic acids is 1. The Balaban J connectivity index is 1.36. The van der Waals surface area contributed by atoms with Gasteiger partial charge in [-0.2, -0.15) is 13.2 Å². The van der Waals surface area contributed by atoms with Crippen LogP contribution in [0.2, 0.25) is 0 Å². The zero-order valence-corrected chi connectivity index (χ0v) is 23.1. The van der Waals surface area contributed by atoms with Crippen molar-refractivity contribution in [1.82, 2.24) is 5.32 Å². The Labute approximate surface area is 236 Å². The SMILES string of the molecule is CC1(C)OB(C(=Cc2cc(F)ccc2C(F)(F)F)CNC(=O)OCC2c3ccccc3-c3ccccc32)OC1(C)C. The summed E-state index contributed by atoms with van der Waals surface area (Å²) in [7, 11) is -1.08. The third-order valence-electron chi connectivity index (χ3n) is 8.00. The van der Waals surface area contributed by atoms with Gasteiger partial charge in [0, 0.05) is 12.5 Å². The fraction of sp³-hybridized carbons (Fsp3) is 0.323. The minimum atomic E-state index is -4.72. The molecule has 1 amide bonds. The number of hydrogen-bond donors (Lipinski definition) is 1. The molecular formula is C31H30BF4NO4. The van der Waals surface area contributed by atoms with Crippen LogP contribution in [0.5, 0.6) is 0 Å². The van der Waals surface area contributed by atoms with E-state index in [0.29, 0.717) is 6.07 Å². The van der Waals surface area contributed by atoms with Crippen LogP contribution < -0.4 is 5.32 Å². The molecule has 0 saturated carbocycles. The number of rotatable bonds is 6. The van der Waals surface area contributed by atoms with Crippen molar-refractivity contribution in [3.05, 3.63) is 100 Å². The van der Waals surface area contributed by atoms with E-state index in [4.69, 9.17) is 14.0 Å². The largest absolute Gasteiger partial charge is 0.492 e. The fourth-order valence-corrected chi connectivity index (χ4v) is 5.13. The van der Waals surface area contributed by atoms with E-state index in [1.165, 1.54) is 0 Å². The molecule has 1 fully saturated rings. The van der Waals surface area contributed by atoms with Gasteiger partial charge >= 0.3 is 19.4 Å². The molecule has 5 nitrogen and oxygen atoms in total. The Morgan fingerprint density at radius 2 is 1.51 bits per heavy atom. The van der Waals surface area contributed by atoms with Gasteiger partial charge in [-0.25, -0.2) is 9.18 Å². The Hall–Kier alpha value is -3.63. The summed E-state index contributed by atoms with van der Waals surface area (Å²) in [4.78, 5) is 12.8. The molecule has 0 spiro atoms. The molecule has 3 aromatic rings. The smallest absolute Gasteiger partial charge is 0.449 e. The van der Waals surface area contributed by atoms with Crippen LogP contribution in [0.3, 0.4) is 0 Å². The summed E-state index contributed by atoms with van der Waals surface area (Å²) in [5.74, 6) is -0.991. The molecule has 3 aromatic carbocycles. The number of ether oxygens (including phenoxy) is 1. The molecule has 0 unspecified atom stereocenters. The second-order valence-corrected chi connectivity index (χ2v) is 11.2. The highest BCUT2D eigenvalue weighted by atomic mass is 19.4. The standard InChI is InChI=1S/C31H30BF4NO4/c1-29(2)30(3,4)41-32(40-29)20(15-19-16-21(33)13-14-27(19)31(34,35)36)17-37-28(38)39-18-26-24-11-7-5-9-22(24)23-10-6-8-12-25(23)26/h5-16,26H,17-18H2,1-4H3,(H,37,38). The normalized spacial score (nSPS) is 17.8. The zero-order valence-electron chi connectivity index (χ0n) is 23.1. The number of hydrogen-bond acceptors (Lipinski definition) is 4. The molecular weight excluding hydrogens is 537 g/mol. The third kappa shape index (κ3) is 5.76. The van der Waals surface area contributed by atoms with Crippen molar-refractivity contribution in [3.63, 3.8) is 0 Å². The lowest BCUT2D eigenvalue weighted by atomic mass is 9.76. The van der Waals surface area contributed by atoms with Gasteiger partial charge in [-0.1, -0.05) is 54.6 Å². The number of amides is 1. The highest BCUT2D eigenvalue weighted by Gasteiger charge is 2.52. The summed E-state index contributed by atoms with van der Waals surface area (Å²) in [6.45, 7) is 7.01. The first kappa shape index (κ1) is 28.9. The van der Waals surface area contributed by atoms with Crippen LogP contribution in [0.1, 0.15) is 55.9 Å². The average Bonchev–Trinajstić information content (AvgIpc) is 3.33. The third-order valence-corrected chi connectivity index (χ3v) is 8.00. The van der Waals surface area contributed by atoms with E-state index in [2.05, 4.69) is 5.32 Å². The van der Waals surface area contributed by atoms with Crippen molar-refractivity contribution < 1.29 is 36.4 Å². The molecule has 0 bridgehead atoms. The topological polar surface area (TPSA) is 56.8 Å². The molecule has 0 radical (unpaired) electrons. The molecule has 1 saturated heterocycles. The van der Waals surface area contributed by atoms with Crippen molar-refractivity contribution in [2.45, 2.75) is 51.0 Å². The van der Waals surface area contributed by atoms with Crippen molar-refractivity contribution >= 4 is 19.3 Å². The van der Waals surface area contributed by atoms with E-state index < -0.39 is 47.5 Å². The van der Waals surface area contributed by atoms with E-state index in [1.54, 1.807) is 27.7 Å². The van der Waals surface area contributed by atoms with Crippen LogP contribution in [0.15, 0.2) is 72.2 Å². The maximum Gasteiger partial charge on any atom is 0.492 e. The van der Waals surface area contributed by atoms with Gasteiger partial charge in [-0.15, -0.1) is 0 Å². The lowest BCUT2D eigenvalue weighted by molar-refractivity contribution is -0.137. The van der Waals surface area contributed by atoms with E-state index in [9.17, 15) is 22.4 Å². The van der Waals surface area contributed by atoms with Gasteiger partial charge in [0.1, 0.15) is 12.4 Å². The summed E-state index contributed by atoms with van der Waals surface area (Å²) in [6.07, 6.45) is -4.33. The van der Waals surface area contributed by atoms with Gasteiger partial charge in [-0.3, -0.25) is 0 Å². The number of alkyl carbamates (subject to hydrolysis) is 1. The highest BCUT2D eigenvalue weighted by Crippen LogP contribution is 2.44. The Bertz CT molecular complexity index is 1440. The number of halogens is 4. The van der Waals surface area contributed by atoms with Crippen LogP contribution in [-0.4, -0.2) is 37.6 Å². The zero-order chi connectivity index (χ0) is 29.6. The Kier molecular flexibility index (Phi) is 7.50. The maximum atomic E-state index is 14.0. The van der Waals surface area contributed by atoms with Crippen molar-refractivity contribution in [2.24, 2.45) is 0 Å². The molecule has 41 heavy (non-hydrogen) atoms. The molecule has 5 rings (SSSR count). The van der Waals surface area contributed by atoms with Crippen LogP contribution in [-0.2, 0) is 20.2 Å². The predicted octanol–water partition coefficient (Wildman–Crippen LogP) is 7.40. The Morgan fingerprint density at radius 3 is 2.07 bits per heavy atom. The van der Waals surface area contributed by atoms with Gasteiger partial charge in [0.25, 0.3) is 0 Å². The minimum Gasteiger partial charge on any atom is -0.449 e. The molecule has 1 aliphatic heterocycles. The molecule has 1 heterocycles. The van der Waals surface area contributed by atoms with E-state index in [-0.39, 0.29) is 24.5 Å². The van der Waals surface area contributed by atoms with E-state index >= 15 is 0 Å². The summed E-state index contributed by atoms with van der Waals surface area (Å²) in [6, 6.07) is 18.1. The van der Waals surface area contributed by atoms with Crippen LogP contribution >= 0.6 is 0 Å². The first-order valence-electron chi connectivity index (χ1n) is 13.3. The molecule has 0 aromatic heterocycles. The fourth-order valence-electron chi connectivity index (χ4n) is 5.13. The number of carbonyl (C=O) groups is 1. The van der Waals surface area contributed by atoms with Crippen LogP contribution in [0.25, 0.3) is 17.2 Å². The van der Waals surface area contributed by atoms with Gasteiger partial charge in [0.2, 0.25) is 0 Å². The highest BCUT2D eigenvalue weighted by molar-refractivity contribution is 6.56. The van der Waals surface area contributed by atoms with Gasteiger partial charge in [-0.05, 0) is 79.2 Å². The monoisotopic (exact) mass is 567 g/mol. The van der Waals surface area contributed by atoms with Gasteiger partial charge < -0.3 is 19.4 Å². The first-order chi connectivity index (χ1) is 19.3. The molecule has 1 aliphatic carbocycles. The van der Waals surface area contributed by atoms with Crippen LogP contribution in [0, 0.1) is 5.82 Å². The number of nitrogens with one attached hydrogen (secondary N) is 1. The minimum absolute atomic E-state index is 0.0670. The summed E-state index contributed by atoms with van der Waals surface area (Å²) >= 11 is 0. The molecule has 1 N–H and O–H groups in total. The van der Waals surface area contributed by atoms with Crippen molar-refractivity contribution in [2.75, 3.05) is 13.2 Å². The quantitative estimate of drug-likeness (QED) is 0.249. The van der Waals surface area contributed by atoms with Gasteiger partial charge in [0.05, 0.1) is 16.8 Å². The lowest BCUT2D eigenvalue weighted by Crippen LogP contribution is -2.41. The molecule has 10 heteroatoms. The maximum absolute atomic E-state index is 14.0. The molecule has 2 aliphatic rings. The summed E-state index contributed by atoms with van der Waals surface area (Å²) in [5, 5.41) is 2.61. The average molecular weight is 567 g/mol. The van der Waals surface area contributed by atoms with Crippen molar-refractivity contribution in [3.8, 4) is 11.1 Å². The van der Waals surface area contributed by atoms with Crippen molar-refractivity contribution in [1.29, 1.82) is 0 Å². The van der Waals surface area contributed by atoms with E-state index in [0.717, 1.165) is 40.5 Å². The predicted molar refractivity (Wildman–Crippen MR) is 149 cm³/mol. The first-order valence-corrected chi connectivity index (χ1v) is 13.3. The van der Waals surface area contributed by atoms with Gasteiger partial charge in [0.15, 0.2) is 0 Å². The second-order valence-electron chi connectivity index (χ2n) is 11.2. The Morgan fingerprint density at radius 1 is 0.951 bits per heavy atom. The molecule has 0 atom stereocenters. The van der Waals surface area contributed by atoms with E-state index in [1.807, 2.05) is 48.5 Å². The summed E-state index contributed by atoms with van der Waals surface area (Å²) in [5.41, 5.74) is 1.41. The number of fused-ring (bicyclic) bond motifs is 3.